The highest BCUT2D eigenvalue weighted by Crippen LogP contribution is 2.26. The number of aryl methyl sites for hydroxylation is 1. The van der Waals surface area contributed by atoms with Crippen LogP contribution in [0, 0.1) is 0 Å². The Labute approximate surface area is 177 Å². The summed E-state index contributed by atoms with van der Waals surface area (Å²) in [6, 6.07) is 10.0. The van der Waals surface area contributed by atoms with E-state index in [4.69, 9.17) is 16.6 Å². The number of nitrogens with zero attached hydrogens (tertiary/aromatic N) is 5. The number of hydrogen-bond acceptors (Lipinski definition) is 3. The molecule has 1 fully saturated rings. The van der Waals surface area contributed by atoms with Crippen LogP contribution < -0.4 is 10.2 Å². The number of nitrogens with one attached hydrogen (secondary N) is 1. The van der Waals surface area contributed by atoms with E-state index in [1.165, 1.54) is 0 Å². The SMILES string of the molecule is CCNC(=NCc1ccnn1C)N1CCN(c2ccccc2Cl)CC1.I. The van der Waals surface area contributed by atoms with Gasteiger partial charge in [0.2, 0.25) is 0 Å². The highest BCUT2D eigenvalue weighted by molar-refractivity contribution is 14.0. The van der Waals surface area contributed by atoms with Crippen molar-refractivity contribution in [2.45, 2.75) is 13.5 Å². The standard InChI is InChI=1S/C18H25ClN6.HI/c1-3-20-18(21-14-15-8-9-22-23(15)2)25-12-10-24(11-13-25)17-7-5-4-6-16(17)19;/h4-9H,3,10-14H2,1-2H3,(H,20,21);1H. The fourth-order valence-electron chi connectivity index (χ4n) is 3.01. The van der Waals surface area contributed by atoms with Crippen LogP contribution in [0.2, 0.25) is 5.02 Å². The van der Waals surface area contributed by atoms with Crippen molar-refractivity contribution >= 4 is 47.2 Å². The first-order chi connectivity index (χ1) is 12.2. The Balaban J connectivity index is 0.00000243. The van der Waals surface area contributed by atoms with Gasteiger partial charge in [0, 0.05) is 46.0 Å². The van der Waals surface area contributed by atoms with Gasteiger partial charge in [-0.05, 0) is 25.1 Å². The predicted octanol–water partition coefficient (Wildman–Crippen LogP) is 2.98. The number of hydrogen-bond donors (Lipinski definition) is 1. The van der Waals surface area contributed by atoms with Crippen molar-refractivity contribution in [2.75, 3.05) is 37.6 Å². The van der Waals surface area contributed by atoms with Crippen LogP contribution in [0.4, 0.5) is 5.69 Å². The minimum absolute atomic E-state index is 0. The van der Waals surface area contributed by atoms with Crippen molar-refractivity contribution in [2.24, 2.45) is 12.0 Å². The third kappa shape index (κ3) is 5.03. The first-order valence-corrected chi connectivity index (χ1v) is 9.06. The number of guanidine groups is 1. The lowest BCUT2D eigenvalue weighted by atomic mass is 10.2. The molecule has 0 bridgehead atoms. The molecule has 1 aliphatic heterocycles. The molecule has 1 aromatic heterocycles. The molecule has 1 N–H and O–H groups in total. The van der Waals surface area contributed by atoms with Gasteiger partial charge in [0.05, 0.1) is 22.9 Å². The van der Waals surface area contributed by atoms with E-state index in [1.54, 1.807) is 6.20 Å². The van der Waals surface area contributed by atoms with E-state index in [9.17, 15) is 0 Å². The number of para-hydroxylation sites is 1. The Morgan fingerprint density at radius 1 is 1.19 bits per heavy atom. The van der Waals surface area contributed by atoms with E-state index in [0.29, 0.717) is 6.54 Å². The molecule has 2 heterocycles. The molecule has 8 heteroatoms. The van der Waals surface area contributed by atoms with Gasteiger partial charge in [-0.3, -0.25) is 4.68 Å². The second kappa shape index (κ2) is 10.0. The van der Waals surface area contributed by atoms with Crippen molar-refractivity contribution in [1.82, 2.24) is 20.0 Å². The van der Waals surface area contributed by atoms with Crippen molar-refractivity contribution in [3.05, 3.63) is 47.2 Å². The normalized spacial score (nSPS) is 15.0. The summed E-state index contributed by atoms with van der Waals surface area (Å²) in [5.41, 5.74) is 2.21. The van der Waals surface area contributed by atoms with Crippen molar-refractivity contribution in [3.63, 3.8) is 0 Å². The molecule has 1 aromatic carbocycles. The molecular weight excluding hydrogens is 463 g/mol. The first-order valence-electron chi connectivity index (χ1n) is 8.68. The summed E-state index contributed by atoms with van der Waals surface area (Å²) >= 11 is 6.33. The van der Waals surface area contributed by atoms with Crippen LogP contribution in [-0.4, -0.2) is 53.4 Å². The Morgan fingerprint density at radius 2 is 1.92 bits per heavy atom. The monoisotopic (exact) mass is 488 g/mol. The van der Waals surface area contributed by atoms with E-state index in [2.05, 4.69) is 33.2 Å². The summed E-state index contributed by atoms with van der Waals surface area (Å²) in [6.45, 7) is 7.28. The Hall–Kier alpha value is -1.48. The fraction of sp³-hybridized carbons (Fsp3) is 0.444. The van der Waals surface area contributed by atoms with Gasteiger partial charge in [-0.25, -0.2) is 4.99 Å². The molecule has 0 unspecified atom stereocenters. The second-order valence-corrected chi connectivity index (χ2v) is 6.45. The van der Waals surface area contributed by atoms with E-state index in [0.717, 1.165) is 55.1 Å². The topological polar surface area (TPSA) is 48.7 Å². The van der Waals surface area contributed by atoms with E-state index in [1.807, 2.05) is 36.0 Å². The van der Waals surface area contributed by atoms with Crippen LogP contribution >= 0.6 is 35.6 Å². The minimum atomic E-state index is 0. The number of piperazine rings is 1. The van der Waals surface area contributed by atoms with E-state index < -0.39 is 0 Å². The smallest absolute Gasteiger partial charge is 0.194 e. The summed E-state index contributed by atoms with van der Waals surface area (Å²) in [5.74, 6) is 0.961. The van der Waals surface area contributed by atoms with Gasteiger partial charge in [0.15, 0.2) is 5.96 Å². The summed E-state index contributed by atoms with van der Waals surface area (Å²) in [6.07, 6.45) is 1.81. The molecule has 0 atom stereocenters. The molecular formula is C18H26ClIN6. The molecule has 0 aliphatic carbocycles. The van der Waals surface area contributed by atoms with Gasteiger partial charge in [-0.2, -0.15) is 5.10 Å². The first kappa shape index (κ1) is 20.8. The average molecular weight is 489 g/mol. The third-order valence-electron chi connectivity index (χ3n) is 4.42. The zero-order chi connectivity index (χ0) is 17.6. The summed E-state index contributed by atoms with van der Waals surface area (Å²) in [7, 11) is 1.94. The summed E-state index contributed by atoms with van der Waals surface area (Å²) in [5, 5.41) is 8.41. The van der Waals surface area contributed by atoms with Crippen LogP contribution in [0.3, 0.4) is 0 Å². The highest BCUT2D eigenvalue weighted by atomic mass is 127. The molecule has 1 aliphatic rings. The van der Waals surface area contributed by atoms with Crippen molar-refractivity contribution in [1.29, 1.82) is 0 Å². The van der Waals surface area contributed by atoms with Gasteiger partial charge in [0.25, 0.3) is 0 Å². The maximum atomic E-state index is 6.33. The lowest BCUT2D eigenvalue weighted by Gasteiger charge is -2.38. The summed E-state index contributed by atoms with van der Waals surface area (Å²) < 4.78 is 1.86. The van der Waals surface area contributed by atoms with Crippen LogP contribution in [0.1, 0.15) is 12.6 Å². The van der Waals surface area contributed by atoms with Gasteiger partial charge < -0.3 is 15.1 Å². The Morgan fingerprint density at radius 3 is 2.54 bits per heavy atom. The maximum absolute atomic E-state index is 6.33. The quantitative estimate of drug-likeness (QED) is 0.408. The fourth-order valence-corrected chi connectivity index (χ4v) is 3.26. The van der Waals surface area contributed by atoms with Crippen LogP contribution in [0.5, 0.6) is 0 Å². The van der Waals surface area contributed by atoms with Crippen LogP contribution in [-0.2, 0) is 13.6 Å². The summed E-state index contributed by atoms with van der Waals surface area (Å²) in [4.78, 5) is 9.43. The number of halogens is 2. The molecule has 2 aromatic rings. The molecule has 26 heavy (non-hydrogen) atoms. The lowest BCUT2D eigenvalue weighted by molar-refractivity contribution is 0.372. The Kier molecular flexibility index (Phi) is 8.02. The molecule has 3 rings (SSSR count). The number of aliphatic imine (C=N–C) groups is 1. The molecule has 0 radical (unpaired) electrons. The van der Waals surface area contributed by atoms with Gasteiger partial charge >= 0.3 is 0 Å². The zero-order valence-electron chi connectivity index (χ0n) is 15.2. The number of rotatable bonds is 4. The number of anilines is 1. The van der Waals surface area contributed by atoms with Gasteiger partial charge in [-0.15, -0.1) is 24.0 Å². The van der Waals surface area contributed by atoms with E-state index in [-0.39, 0.29) is 24.0 Å². The van der Waals surface area contributed by atoms with E-state index >= 15 is 0 Å². The van der Waals surface area contributed by atoms with Crippen LogP contribution in [0.15, 0.2) is 41.5 Å². The zero-order valence-corrected chi connectivity index (χ0v) is 18.3. The molecule has 6 nitrogen and oxygen atoms in total. The molecule has 0 spiro atoms. The van der Waals surface area contributed by atoms with Gasteiger partial charge in [0.1, 0.15) is 0 Å². The Bertz CT molecular complexity index is 724. The average Bonchev–Trinajstić information content (AvgIpc) is 3.04. The molecule has 0 saturated carbocycles. The van der Waals surface area contributed by atoms with Crippen LogP contribution in [0.25, 0.3) is 0 Å². The molecule has 0 amide bonds. The largest absolute Gasteiger partial charge is 0.367 e. The number of benzene rings is 1. The maximum Gasteiger partial charge on any atom is 0.194 e. The molecule has 142 valence electrons. The third-order valence-corrected chi connectivity index (χ3v) is 4.74. The lowest BCUT2D eigenvalue weighted by Crippen LogP contribution is -2.52. The van der Waals surface area contributed by atoms with Gasteiger partial charge in [-0.1, -0.05) is 23.7 Å². The van der Waals surface area contributed by atoms with Crippen molar-refractivity contribution in [3.8, 4) is 0 Å². The highest BCUT2D eigenvalue weighted by Gasteiger charge is 2.21. The number of aromatic nitrogens is 2. The molecule has 1 saturated heterocycles. The predicted molar refractivity (Wildman–Crippen MR) is 119 cm³/mol. The second-order valence-electron chi connectivity index (χ2n) is 6.04. The van der Waals surface area contributed by atoms with Crippen molar-refractivity contribution < 1.29 is 0 Å². The minimum Gasteiger partial charge on any atom is -0.367 e.